The third kappa shape index (κ3) is 11.0. The summed E-state index contributed by atoms with van der Waals surface area (Å²) >= 11 is 1.89. The number of fused-ring (bicyclic) bond motifs is 15. The molecule has 0 atom stereocenters. The fourth-order valence-electron chi connectivity index (χ4n) is 19.9. The Morgan fingerprint density at radius 2 is 0.590 bits per heavy atom. The second-order valence-electron chi connectivity index (χ2n) is 31.6. The first-order chi connectivity index (χ1) is 57.8. The van der Waals surface area contributed by atoms with E-state index in [0.717, 1.165) is 61.6 Å². The molecule has 0 fully saturated rings. The van der Waals surface area contributed by atoms with E-state index in [0.29, 0.717) is 0 Å². The molecule has 0 saturated carbocycles. The number of furan rings is 1. The summed E-state index contributed by atoms with van der Waals surface area (Å²) in [5, 5.41) is 4.82. The summed E-state index contributed by atoms with van der Waals surface area (Å²) in [5.74, 6) is 0. The maximum atomic E-state index is 7.46. The normalized spacial score (nSPS) is 13.4. The van der Waals surface area contributed by atoms with Crippen molar-refractivity contribution < 1.29 is 4.42 Å². The molecule has 2 aromatic heterocycles. The van der Waals surface area contributed by atoms with E-state index >= 15 is 0 Å². The van der Waals surface area contributed by atoms with Crippen molar-refractivity contribution in [3.8, 4) is 66.8 Å². The monoisotopic (exact) mass is 1510 g/mol. The van der Waals surface area contributed by atoms with Gasteiger partial charge in [-0.15, -0.1) is 11.3 Å². The average Bonchev–Trinajstić information content (AvgIpc) is 1.54. The van der Waals surface area contributed by atoms with Crippen molar-refractivity contribution >= 4 is 87.6 Å². The van der Waals surface area contributed by atoms with Gasteiger partial charge in [0.25, 0.3) is 0 Å². The fraction of sp³-hybridized carbons (Fsp3) is 0.0442. The Balaban J connectivity index is 0.000000142. The minimum Gasteiger partial charge on any atom is -0.453 e. The van der Waals surface area contributed by atoms with Crippen molar-refractivity contribution in [3.63, 3.8) is 0 Å². The van der Waals surface area contributed by atoms with Crippen LogP contribution in [0.5, 0.6) is 0 Å². The molecule has 0 aliphatic heterocycles. The molecule has 3 aliphatic rings. The van der Waals surface area contributed by atoms with Gasteiger partial charge in [-0.05, 0) is 202 Å². The number of hydrogen-bond donors (Lipinski definition) is 0. The molecule has 0 N–H and O–H groups in total. The molecule has 0 unspecified atom stereocenters. The van der Waals surface area contributed by atoms with Gasteiger partial charge in [0.2, 0.25) is 0 Å². The van der Waals surface area contributed by atoms with Crippen molar-refractivity contribution in [1.29, 1.82) is 0 Å². The highest BCUT2D eigenvalue weighted by Crippen LogP contribution is 2.61. The highest BCUT2D eigenvalue weighted by Gasteiger charge is 2.49. The lowest BCUT2D eigenvalue weighted by Crippen LogP contribution is -2.28. The zero-order chi connectivity index (χ0) is 77.8. The Morgan fingerprint density at radius 1 is 0.222 bits per heavy atom. The number of rotatable bonds is 13. The molecule has 0 radical (unpaired) electrons. The predicted octanol–water partition coefficient (Wildman–Crippen LogP) is 30.6. The van der Waals surface area contributed by atoms with E-state index in [4.69, 9.17) is 4.42 Å². The standard InChI is InChI=1S/C58H41NO.C55H37NS/c1-57(2)49-26-12-9-21-43(49)46-36-35-42(37-53(46)57)59(41-33-31-39(32-34-41)38-17-5-3-6-18-38)54-30-16-25-48-47-24-15-29-52(55(47)60-56(48)54)58(40-19-7-4-8-20-40)50-27-13-10-22-44(50)45-23-11-14-28-51(45)58;1-4-16-38(17-5-1)39-30-33-44(34-31-39)56(43-21-8-3-9-22-43)45-23-14-18-40(36-45)41-32-35-52-48(37-41)54-51(28-15-29-53(54)57-52)55(42-19-6-2-7-20-42)49-26-12-10-24-46(49)47-25-11-13-27-50(47)55/h3-37H,1-2H3;1-37H. The Hall–Kier alpha value is -14.4. The van der Waals surface area contributed by atoms with Crippen LogP contribution in [-0.4, -0.2) is 0 Å². The van der Waals surface area contributed by atoms with Crippen LogP contribution in [0.25, 0.3) is 109 Å². The first-order valence-corrected chi connectivity index (χ1v) is 41.3. The van der Waals surface area contributed by atoms with Crippen LogP contribution in [0.1, 0.15) is 69.5 Å². The van der Waals surface area contributed by atoms with Gasteiger partial charge < -0.3 is 14.2 Å². The van der Waals surface area contributed by atoms with Crippen molar-refractivity contribution in [2.24, 2.45) is 0 Å². The van der Waals surface area contributed by atoms with Crippen molar-refractivity contribution in [2.45, 2.75) is 30.1 Å². The molecule has 18 aromatic carbocycles. The molecule has 20 aromatic rings. The van der Waals surface area contributed by atoms with E-state index < -0.39 is 10.8 Å². The van der Waals surface area contributed by atoms with E-state index in [1.54, 1.807) is 0 Å². The van der Waals surface area contributed by atoms with E-state index in [9.17, 15) is 0 Å². The van der Waals surface area contributed by atoms with Gasteiger partial charge in [-0.25, -0.2) is 0 Å². The number of nitrogens with zero attached hydrogens (tertiary/aromatic N) is 2. The topological polar surface area (TPSA) is 19.6 Å². The highest BCUT2D eigenvalue weighted by atomic mass is 32.1. The number of hydrogen-bond acceptors (Lipinski definition) is 4. The molecular weight excluding hydrogens is 1430 g/mol. The average molecular weight is 1510 g/mol. The van der Waals surface area contributed by atoms with Gasteiger partial charge in [-0.1, -0.05) is 366 Å². The molecule has 117 heavy (non-hydrogen) atoms. The van der Waals surface area contributed by atoms with E-state index in [-0.39, 0.29) is 5.41 Å². The first-order valence-electron chi connectivity index (χ1n) is 40.5. The van der Waals surface area contributed by atoms with Crippen molar-refractivity contribution in [3.05, 3.63) is 492 Å². The van der Waals surface area contributed by atoms with E-state index in [2.05, 4.69) is 460 Å². The molecule has 3 aliphatic carbocycles. The van der Waals surface area contributed by atoms with Gasteiger partial charge in [-0.2, -0.15) is 0 Å². The predicted molar refractivity (Wildman–Crippen MR) is 491 cm³/mol. The summed E-state index contributed by atoms with van der Waals surface area (Å²) in [4.78, 5) is 4.75. The van der Waals surface area contributed by atoms with Gasteiger partial charge in [0, 0.05) is 70.4 Å². The largest absolute Gasteiger partial charge is 0.453 e. The number of para-hydroxylation sites is 3. The summed E-state index contributed by atoms with van der Waals surface area (Å²) in [5.41, 5.74) is 34.9. The molecule has 0 spiro atoms. The van der Waals surface area contributed by atoms with E-state index in [1.807, 2.05) is 11.3 Å². The third-order valence-corrected chi connectivity index (χ3v) is 26.2. The molecular formula is C113H78N2OS. The fourth-order valence-corrected chi connectivity index (χ4v) is 21.0. The third-order valence-electron chi connectivity index (χ3n) is 25.1. The molecule has 552 valence electrons. The lowest BCUT2D eigenvalue weighted by molar-refractivity contribution is 0.648. The summed E-state index contributed by atoms with van der Waals surface area (Å²) in [6, 6.07) is 160. The number of thiophene rings is 1. The van der Waals surface area contributed by atoms with Gasteiger partial charge >= 0.3 is 0 Å². The second-order valence-corrected chi connectivity index (χ2v) is 32.7. The Morgan fingerprint density at radius 3 is 1.15 bits per heavy atom. The summed E-state index contributed by atoms with van der Waals surface area (Å²) in [7, 11) is 0. The molecule has 0 saturated heterocycles. The number of anilines is 6. The van der Waals surface area contributed by atoms with Crippen LogP contribution in [0, 0.1) is 0 Å². The molecule has 2 heterocycles. The van der Waals surface area contributed by atoms with Gasteiger partial charge in [0.1, 0.15) is 5.58 Å². The quantitative estimate of drug-likeness (QED) is 0.115. The number of benzene rings is 18. The smallest absolute Gasteiger partial charge is 0.159 e. The Labute approximate surface area is 686 Å². The lowest BCUT2D eigenvalue weighted by Gasteiger charge is -2.34. The Kier molecular flexibility index (Phi) is 16.6. The van der Waals surface area contributed by atoms with Crippen LogP contribution in [0.15, 0.2) is 441 Å². The molecule has 4 heteroatoms. The van der Waals surface area contributed by atoms with Crippen LogP contribution in [0.4, 0.5) is 34.1 Å². The SMILES string of the molecule is CC1(C)c2ccccc2-c2ccc(N(c3ccc(-c4ccccc4)cc3)c3cccc4c3oc3c(C5(c6ccccc6)c6ccccc6-c6ccccc65)cccc34)cc21.c1ccc(-c2ccc(N(c3ccccc3)c3cccc(-c4ccc5sc6cccc(C7(c8ccccc8)c8ccccc8-c8ccccc87)c6c5c4)c3)cc2)cc1. The molecule has 0 bridgehead atoms. The lowest BCUT2D eigenvalue weighted by atomic mass is 9.66. The van der Waals surface area contributed by atoms with E-state index in [1.165, 1.54) is 137 Å². The Bertz CT molecular complexity index is 7120. The minimum absolute atomic E-state index is 0.148. The molecule has 0 amide bonds. The summed E-state index contributed by atoms with van der Waals surface area (Å²) < 4.78 is 10.1. The summed E-state index contributed by atoms with van der Waals surface area (Å²) in [6.45, 7) is 4.70. The van der Waals surface area contributed by atoms with Gasteiger partial charge in [0.15, 0.2) is 5.58 Å². The first kappa shape index (κ1) is 69.3. The molecule has 23 rings (SSSR count). The zero-order valence-electron chi connectivity index (χ0n) is 64.8. The second kappa shape index (κ2) is 28.0. The maximum absolute atomic E-state index is 7.46. The van der Waals surface area contributed by atoms with Crippen LogP contribution in [-0.2, 0) is 16.2 Å². The minimum atomic E-state index is -0.588. The van der Waals surface area contributed by atoms with Crippen LogP contribution >= 0.6 is 11.3 Å². The van der Waals surface area contributed by atoms with Crippen molar-refractivity contribution in [2.75, 3.05) is 9.80 Å². The summed E-state index contributed by atoms with van der Waals surface area (Å²) in [6.07, 6.45) is 0. The van der Waals surface area contributed by atoms with Crippen LogP contribution in [0.2, 0.25) is 0 Å². The molecule has 3 nitrogen and oxygen atoms in total. The highest BCUT2D eigenvalue weighted by molar-refractivity contribution is 7.25. The van der Waals surface area contributed by atoms with Gasteiger partial charge in [-0.3, -0.25) is 0 Å². The van der Waals surface area contributed by atoms with Gasteiger partial charge in [0.05, 0.1) is 16.5 Å². The van der Waals surface area contributed by atoms with Crippen LogP contribution in [0.3, 0.4) is 0 Å². The zero-order valence-corrected chi connectivity index (χ0v) is 65.6. The maximum Gasteiger partial charge on any atom is 0.159 e. The van der Waals surface area contributed by atoms with Crippen molar-refractivity contribution in [1.82, 2.24) is 0 Å². The van der Waals surface area contributed by atoms with Crippen LogP contribution < -0.4 is 9.80 Å².